The van der Waals surface area contributed by atoms with Crippen LogP contribution in [0, 0.1) is 10.1 Å². The van der Waals surface area contributed by atoms with E-state index in [0.717, 1.165) is 12.8 Å². The third-order valence-corrected chi connectivity index (χ3v) is 3.40. The second-order valence-electron chi connectivity index (χ2n) is 4.98. The van der Waals surface area contributed by atoms with E-state index in [1.165, 1.54) is 12.1 Å². The molecule has 1 aromatic carbocycles. The van der Waals surface area contributed by atoms with Gasteiger partial charge in [-0.1, -0.05) is 0 Å². The topological polar surface area (TPSA) is 90.4 Å². The number of anilines is 1. The fourth-order valence-corrected chi connectivity index (χ4v) is 2.39. The molecule has 1 fully saturated rings. The number of non-ortho nitro benzene ring substituents is 1. The Balaban J connectivity index is 1.80. The van der Waals surface area contributed by atoms with Gasteiger partial charge >= 0.3 is 0 Å². The number of rotatable bonds is 3. The Morgan fingerprint density at radius 1 is 1.50 bits per heavy atom. The standard InChI is InChI=1S/C13H15N3O4/c1-8-6-9(4-5-19-8)14-13-15-11-3-2-10(16(17)18)7-12(11)20-13/h2-3,7-9H,4-6H2,1H3,(H,14,15). The van der Waals surface area contributed by atoms with Gasteiger partial charge in [-0.05, 0) is 25.8 Å². The fourth-order valence-electron chi connectivity index (χ4n) is 2.39. The van der Waals surface area contributed by atoms with E-state index in [1.807, 2.05) is 6.92 Å². The maximum atomic E-state index is 10.7. The summed E-state index contributed by atoms with van der Waals surface area (Å²) in [6, 6.07) is 5.06. The third kappa shape index (κ3) is 2.57. The molecule has 2 aromatic rings. The first-order chi connectivity index (χ1) is 9.61. The first kappa shape index (κ1) is 12.9. The Morgan fingerprint density at radius 2 is 2.35 bits per heavy atom. The molecule has 2 unspecified atom stereocenters. The Bertz CT molecular complexity index is 640. The second-order valence-corrected chi connectivity index (χ2v) is 4.98. The van der Waals surface area contributed by atoms with Crippen LogP contribution in [0.3, 0.4) is 0 Å². The average molecular weight is 277 g/mol. The summed E-state index contributed by atoms with van der Waals surface area (Å²) in [7, 11) is 0. The Morgan fingerprint density at radius 3 is 3.10 bits per heavy atom. The molecule has 0 radical (unpaired) electrons. The zero-order chi connectivity index (χ0) is 14.1. The van der Waals surface area contributed by atoms with E-state index in [9.17, 15) is 10.1 Å². The molecule has 20 heavy (non-hydrogen) atoms. The van der Waals surface area contributed by atoms with Crippen LogP contribution in [0.1, 0.15) is 19.8 Å². The number of ether oxygens (including phenoxy) is 1. The van der Waals surface area contributed by atoms with Crippen molar-refractivity contribution in [2.75, 3.05) is 11.9 Å². The predicted octanol–water partition coefficient (Wildman–Crippen LogP) is 2.72. The summed E-state index contributed by atoms with van der Waals surface area (Å²) < 4.78 is 11.0. The molecular formula is C13H15N3O4. The highest BCUT2D eigenvalue weighted by Crippen LogP contribution is 2.25. The number of nitro benzene ring substituents is 1. The van der Waals surface area contributed by atoms with Crippen LogP contribution in [0.5, 0.6) is 0 Å². The normalized spacial score (nSPS) is 22.9. The molecule has 7 heteroatoms. The molecular weight excluding hydrogens is 262 g/mol. The van der Waals surface area contributed by atoms with Crippen molar-refractivity contribution >= 4 is 22.8 Å². The number of nitro groups is 1. The highest BCUT2D eigenvalue weighted by molar-refractivity contribution is 5.77. The number of hydrogen-bond donors (Lipinski definition) is 1. The summed E-state index contributed by atoms with van der Waals surface area (Å²) in [6.07, 6.45) is 1.99. The van der Waals surface area contributed by atoms with Gasteiger partial charge in [0.1, 0.15) is 5.52 Å². The molecule has 3 rings (SSSR count). The summed E-state index contributed by atoms with van der Waals surface area (Å²) >= 11 is 0. The highest BCUT2D eigenvalue weighted by Gasteiger charge is 2.21. The first-order valence-electron chi connectivity index (χ1n) is 6.55. The lowest BCUT2D eigenvalue weighted by Crippen LogP contribution is -2.32. The minimum atomic E-state index is -0.449. The number of aromatic nitrogens is 1. The average Bonchev–Trinajstić information content (AvgIpc) is 2.79. The molecule has 1 aromatic heterocycles. The van der Waals surface area contributed by atoms with Crippen molar-refractivity contribution in [2.45, 2.75) is 31.9 Å². The van der Waals surface area contributed by atoms with Crippen molar-refractivity contribution < 1.29 is 14.1 Å². The monoisotopic (exact) mass is 277 g/mol. The molecule has 0 bridgehead atoms. The van der Waals surface area contributed by atoms with Crippen molar-refractivity contribution in [1.29, 1.82) is 0 Å². The van der Waals surface area contributed by atoms with Gasteiger partial charge in [0.15, 0.2) is 5.58 Å². The summed E-state index contributed by atoms with van der Waals surface area (Å²) in [6.45, 7) is 2.74. The molecule has 2 heterocycles. The number of oxazole rings is 1. The van der Waals surface area contributed by atoms with E-state index >= 15 is 0 Å². The van der Waals surface area contributed by atoms with E-state index in [0.29, 0.717) is 23.7 Å². The minimum Gasteiger partial charge on any atom is -0.423 e. The van der Waals surface area contributed by atoms with Crippen LogP contribution in [0.15, 0.2) is 22.6 Å². The lowest BCUT2D eigenvalue weighted by Gasteiger charge is -2.27. The first-order valence-corrected chi connectivity index (χ1v) is 6.55. The number of fused-ring (bicyclic) bond motifs is 1. The second kappa shape index (κ2) is 5.09. The van der Waals surface area contributed by atoms with Crippen molar-refractivity contribution in [1.82, 2.24) is 4.98 Å². The van der Waals surface area contributed by atoms with Gasteiger partial charge in [-0.2, -0.15) is 4.98 Å². The number of nitrogens with zero attached hydrogens (tertiary/aromatic N) is 2. The number of hydrogen-bond acceptors (Lipinski definition) is 6. The minimum absolute atomic E-state index is 0.000103. The zero-order valence-electron chi connectivity index (χ0n) is 11.0. The summed E-state index contributed by atoms with van der Waals surface area (Å²) in [5, 5.41) is 13.9. The molecule has 0 aliphatic carbocycles. The molecule has 1 aliphatic heterocycles. The lowest BCUT2D eigenvalue weighted by molar-refractivity contribution is -0.384. The van der Waals surface area contributed by atoms with Crippen molar-refractivity contribution in [3.63, 3.8) is 0 Å². The van der Waals surface area contributed by atoms with Crippen molar-refractivity contribution in [3.05, 3.63) is 28.3 Å². The fraction of sp³-hybridized carbons (Fsp3) is 0.462. The van der Waals surface area contributed by atoms with E-state index < -0.39 is 4.92 Å². The number of benzene rings is 1. The van der Waals surface area contributed by atoms with E-state index in [1.54, 1.807) is 6.07 Å². The van der Waals surface area contributed by atoms with Crippen molar-refractivity contribution in [3.8, 4) is 0 Å². The van der Waals surface area contributed by atoms with Crippen LogP contribution in [0.25, 0.3) is 11.1 Å². The Hall–Kier alpha value is -2.15. The van der Waals surface area contributed by atoms with Gasteiger partial charge in [0.2, 0.25) is 0 Å². The SMILES string of the molecule is CC1CC(Nc2nc3ccc([N+](=O)[O-])cc3o2)CCO1. The smallest absolute Gasteiger partial charge is 0.295 e. The predicted molar refractivity (Wildman–Crippen MR) is 72.7 cm³/mol. The van der Waals surface area contributed by atoms with Crippen LogP contribution < -0.4 is 5.32 Å². The maximum Gasteiger partial charge on any atom is 0.295 e. The van der Waals surface area contributed by atoms with Crippen LogP contribution in [-0.2, 0) is 4.74 Å². The molecule has 2 atom stereocenters. The zero-order valence-corrected chi connectivity index (χ0v) is 11.0. The highest BCUT2D eigenvalue weighted by atomic mass is 16.6. The quantitative estimate of drug-likeness (QED) is 0.685. The largest absolute Gasteiger partial charge is 0.423 e. The van der Waals surface area contributed by atoms with Gasteiger partial charge in [-0.15, -0.1) is 0 Å². The summed E-state index contributed by atoms with van der Waals surface area (Å²) in [4.78, 5) is 14.6. The van der Waals surface area contributed by atoms with E-state index in [2.05, 4.69) is 10.3 Å². The van der Waals surface area contributed by atoms with Gasteiger partial charge in [0.05, 0.1) is 17.1 Å². The molecule has 1 saturated heterocycles. The molecule has 1 N–H and O–H groups in total. The van der Waals surface area contributed by atoms with Crippen molar-refractivity contribution in [2.24, 2.45) is 0 Å². The molecule has 0 saturated carbocycles. The van der Waals surface area contributed by atoms with Crippen LogP contribution in [0.2, 0.25) is 0 Å². The molecule has 0 amide bonds. The van der Waals surface area contributed by atoms with Gasteiger partial charge in [0, 0.05) is 18.7 Å². The summed E-state index contributed by atoms with van der Waals surface area (Å²) in [5.74, 6) is 0. The molecule has 106 valence electrons. The van der Waals surface area contributed by atoms with E-state index in [4.69, 9.17) is 9.15 Å². The van der Waals surface area contributed by atoms with Gasteiger partial charge in [-0.3, -0.25) is 10.1 Å². The van der Waals surface area contributed by atoms with Gasteiger partial charge in [0.25, 0.3) is 11.7 Å². The van der Waals surface area contributed by atoms with Crippen LogP contribution in [-0.4, -0.2) is 28.7 Å². The third-order valence-electron chi connectivity index (χ3n) is 3.40. The molecule has 1 aliphatic rings. The van der Waals surface area contributed by atoms with Crippen LogP contribution in [0.4, 0.5) is 11.7 Å². The van der Waals surface area contributed by atoms with Gasteiger partial charge < -0.3 is 14.5 Å². The molecule has 0 spiro atoms. The number of nitrogens with one attached hydrogen (secondary N) is 1. The van der Waals surface area contributed by atoms with Gasteiger partial charge in [-0.25, -0.2) is 0 Å². The van der Waals surface area contributed by atoms with Crippen LogP contribution >= 0.6 is 0 Å². The Kier molecular flexibility index (Phi) is 3.27. The summed E-state index contributed by atoms with van der Waals surface area (Å²) in [5.41, 5.74) is 1.03. The molecule has 7 nitrogen and oxygen atoms in total. The van der Waals surface area contributed by atoms with E-state index in [-0.39, 0.29) is 17.8 Å². The lowest BCUT2D eigenvalue weighted by atomic mass is 10.1. The Labute approximate surface area is 115 Å². The maximum absolute atomic E-state index is 10.7.